The molecule has 1 atom stereocenters. The van der Waals surface area contributed by atoms with Gasteiger partial charge in [0.05, 0.1) is 7.11 Å². The van der Waals surface area contributed by atoms with Gasteiger partial charge in [0.25, 0.3) is 0 Å². The van der Waals surface area contributed by atoms with E-state index in [0.29, 0.717) is 11.7 Å². The van der Waals surface area contributed by atoms with Crippen LogP contribution in [0.25, 0.3) is 0 Å². The van der Waals surface area contributed by atoms with Gasteiger partial charge in [0.15, 0.2) is 11.6 Å². The summed E-state index contributed by atoms with van der Waals surface area (Å²) in [4.78, 5) is 0. The highest BCUT2D eigenvalue weighted by Crippen LogP contribution is 2.21. The molecule has 0 saturated heterocycles. The van der Waals surface area contributed by atoms with Crippen LogP contribution in [0.4, 0.5) is 4.39 Å². The molecule has 1 aromatic carbocycles. The van der Waals surface area contributed by atoms with Gasteiger partial charge in [-0.25, -0.2) is 4.39 Å². The first-order valence-electron chi connectivity index (χ1n) is 7.24. The Hall–Kier alpha value is -1.09. The standard InChI is InChI=1S/C16H26FNO/c1-4-6-14(12-18-9-5-2)10-13-7-8-16(19-3)15(17)11-13/h7-8,11,14,18H,4-6,9-10,12H2,1-3H3. The second kappa shape index (κ2) is 8.92. The van der Waals surface area contributed by atoms with Crippen molar-refractivity contribution >= 4 is 0 Å². The third kappa shape index (κ3) is 5.60. The topological polar surface area (TPSA) is 21.3 Å². The summed E-state index contributed by atoms with van der Waals surface area (Å²) in [5.74, 6) is 0.626. The van der Waals surface area contributed by atoms with Gasteiger partial charge in [0, 0.05) is 0 Å². The van der Waals surface area contributed by atoms with Crippen molar-refractivity contribution in [1.82, 2.24) is 5.32 Å². The molecule has 1 rings (SSSR count). The van der Waals surface area contributed by atoms with Crippen molar-refractivity contribution in [3.8, 4) is 5.75 Å². The first-order valence-corrected chi connectivity index (χ1v) is 7.24. The molecule has 0 radical (unpaired) electrons. The normalized spacial score (nSPS) is 12.4. The second-order valence-corrected chi connectivity index (χ2v) is 5.03. The largest absolute Gasteiger partial charge is 0.494 e. The molecule has 3 heteroatoms. The minimum Gasteiger partial charge on any atom is -0.494 e. The maximum atomic E-state index is 13.7. The van der Waals surface area contributed by atoms with Crippen LogP contribution in [0.15, 0.2) is 18.2 Å². The fourth-order valence-electron chi connectivity index (χ4n) is 2.34. The lowest BCUT2D eigenvalue weighted by atomic mass is 9.95. The van der Waals surface area contributed by atoms with Crippen LogP contribution in [-0.4, -0.2) is 20.2 Å². The number of hydrogen-bond acceptors (Lipinski definition) is 2. The van der Waals surface area contributed by atoms with E-state index in [9.17, 15) is 4.39 Å². The summed E-state index contributed by atoms with van der Waals surface area (Å²) >= 11 is 0. The number of methoxy groups -OCH3 is 1. The zero-order valence-corrected chi connectivity index (χ0v) is 12.3. The molecule has 0 bridgehead atoms. The summed E-state index contributed by atoms with van der Waals surface area (Å²) in [5, 5.41) is 3.46. The number of ether oxygens (including phenoxy) is 1. The Morgan fingerprint density at radius 1 is 1.26 bits per heavy atom. The van der Waals surface area contributed by atoms with E-state index in [1.54, 1.807) is 12.1 Å². The second-order valence-electron chi connectivity index (χ2n) is 5.03. The summed E-state index contributed by atoms with van der Waals surface area (Å²) in [5.41, 5.74) is 1.05. The molecular weight excluding hydrogens is 241 g/mol. The third-order valence-electron chi connectivity index (χ3n) is 3.30. The van der Waals surface area contributed by atoms with Crippen molar-refractivity contribution in [3.63, 3.8) is 0 Å². The summed E-state index contributed by atoms with van der Waals surface area (Å²) in [7, 11) is 1.49. The molecule has 1 unspecified atom stereocenters. The Bertz CT molecular complexity index is 368. The number of hydrogen-bond donors (Lipinski definition) is 1. The maximum Gasteiger partial charge on any atom is 0.165 e. The Morgan fingerprint density at radius 3 is 2.63 bits per heavy atom. The zero-order chi connectivity index (χ0) is 14.1. The Balaban J connectivity index is 2.59. The van der Waals surface area contributed by atoms with Crippen molar-refractivity contribution in [2.75, 3.05) is 20.2 Å². The lowest BCUT2D eigenvalue weighted by Gasteiger charge is -2.17. The molecule has 0 aliphatic heterocycles. The molecule has 1 aromatic rings. The van der Waals surface area contributed by atoms with Crippen molar-refractivity contribution in [1.29, 1.82) is 0 Å². The lowest BCUT2D eigenvalue weighted by molar-refractivity contribution is 0.385. The average molecular weight is 267 g/mol. The minimum absolute atomic E-state index is 0.267. The van der Waals surface area contributed by atoms with Crippen molar-refractivity contribution in [2.24, 2.45) is 5.92 Å². The third-order valence-corrected chi connectivity index (χ3v) is 3.30. The predicted molar refractivity (Wildman–Crippen MR) is 78.2 cm³/mol. The lowest BCUT2D eigenvalue weighted by Crippen LogP contribution is -2.25. The van der Waals surface area contributed by atoms with Crippen LogP contribution in [0.3, 0.4) is 0 Å². The van der Waals surface area contributed by atoms with Crippen LogP contribution in [0, 0.1) is 11.7 Å². The Labute approximate surface area is 116 Å². The SMILES string of the molecule is CCCNCC(CCC)Cc1ccc(OC)c(F)c1. The van der Waals surface area contributed by atoms with Gasteiger partial charge in [-0.1, -0.05) is 26.3 Å². The molecule has 0 saturated carbocycles. The van der Waals surface area contributed by atoms with E-state index in [-0.39, 0.29) is 5.82 Å². The number of nitrogens with one attached hydrogen (secondary N) is 1. The first-order chi connectivity index (χ1) is 9.21. The first kappa shape index (κ1) is 16.0. The van der Waals surface area contributed by atoms with Crippen LogP contribution in [0.1, 0.15) is 38.7 Å². The molecular formula is C16H26FNO. The Morgan fingerprint density at radius 2 is 2.05 bits per heavy atom. The zero-order valence-electron chi connectivity index (χ0n) is 12.3. The molecule has 0 heterocycles. The molecule has 108 valence electrons. The summed E-state index contributed by atoms with van der Waals surface area (Å²) in [6, 6.07) is 5.28. The van der Waals surface area contributed by atoms with Gasteiger partial charge in [0.1, 0.15) is 0 Å². The summed E-state index contributed by atoms with van der Waals surface area (Å²) in [6.45, 7) is 6.43. The molecule has 0 aromatic heterocycles. The highest BCUT2D eigenvalue weighted by Gasteiger charge is 2.10. The molecule has 19 heavy (non-hydrogen) atoms. The molecule has 0 fully saturated rings. The fourth-order valence-corrected chi connectivity index (χ4v) is 2.34. The van der Waals surface area contributed by atoms with E-state index in [1.807, 2.05) is 6.07 Å². The number of halogens is 1. The van der Waals surface area contributed by atoms with Gasteiger partial charge in [-0.3, -0.25) is 0 Å². The van der Waals surface area contributed by atoms with E-state index >= 15 is 0 Å². The van der Waals surface area contributed by atoms with E-state index in [1.165, 1.54) is 13.5 Å². The molecule has 0 aliphatic rings. The van der Waals surface area contributed by atoms with Crippen LogP contribution >= 0.6 is 0 Å². The highest BCUT2D eigenvalue weighted by atomic mass is 19.1. The molecule has 2 nitrogen and oxygen atoms in total. The molecule has 0 amide bonds. The van der Waals surface area contributed by atoms with Gasteiger partial charge in [0.2, 0.25) is 0 Å². The van der Waals surface area contributed by atoms with Crippen LogP contribution in [0.2, 0.25) is 0 Å². The van der Waals surface area contributed by atoms with Crippen LogP contribution < -0.4 is 10.1 Å². The maximum absolute atomic E-state index is 13.7. The van der Waals surface area contributed by atoms with Crippen LogP contribution in [-0.2, 0) is 6.42 Å². The number of rotatable bonds is 9. The predicted octanol–water partition coefficient (Wildman–Crippen LogP) is 3.79. The van der Waals surface area contributed by atoms with E-state index in [0.717, 1.165) is 37.9 Å². The van der Waals surface area contributed by atoms with Gasteiger partial charge in [-0.15, -0.1) is 0 Å². The van der Waals surface area contributed by atoms with Crippen molar-refractivity contribution in [2.45, 2.75) is 39.5 Å². The summed E-state index contributed by atoms with van der Waals surface area (Å²) < 4.78 is 18.6. The summed E-state index contributed by atoms with van der Waals surface area (Å²) in [6.07, 6.45) is 4.41. The minimum atomic E-state index is -0.267. The van der Waals surface area contributed by atoms with Gasteiger partial charge in [-0.2, -0.15) is 0 Å². The average Bonchev–Trinajstić information content (AvgIpc) is 2.39. The number of benzene rings is 1. The quantitative estimate of drug-likeness (QED) is 0.687. The van der Waals surface area contributed by atoms with Crippen LogP contribution in [0.5, 0.6) is 5.75 Å². The monoisotopic (exact) mass is 267 g/mol. The van der Waals surface area contributed by atoms with E-state index < -0.39 is 0 Å². The van der Waals surface area contributed by atoms with Gasteiger partial charge in [-0.05, 0) is 56.0 Å². The van der Waals surface area contributed by atoms with E-state index in [2.05, 4.69) is 19.2 Å². The fraction of sp³-hybridized carbons (Fsp3) is 0.625. The molecule has 0 aliphatic carbocycles. The Kier molecular flexibility index (Phi) is 7.49. The smallest absolute Gasteiger partial charge is 0.165 e. The van der Waals surface area contributed by atoms with E-state index in [4.69, 9.17) is 4.74 Å². The van der Waals surface area contributed by atoms with Crippen molar-refractivity contribution in [3.05, 3.63) is 29.6 Å². The van der Waals surface area contributed by atoms with Crippen molar-refractivity contribution < 1.29 is 9.13 Å². The highest BCUT2D eigenvalue weighted by molar-refractivity contribution is 5.29. The van der Waals surface area contributed by atoms with Gasteiger partial charge < -0.3 is 10.1 Å². The molecule has 1 N–H and O–H groups in total. The molecule has 0 spiro atoms. The van der Waals surface area contributed by atoms with Gasteiger partial charge >= 0.3 is 0 Å².